The molecule has 0 bridgehead atoms. The van der Waals surface area contributed by atoms with E-state index in [1.165, 1.54) is 0 Å². The van der Waals surface area contributed by atoms with Gasteiger partial charge in [0.15, 0.2) is 0 Å². The first-order valence-corrected chi connectivity index (χ1v) is 9.14. The number of aromatic nitrogens is 1. The van der Waals surface area contributed by atoms with Gasteiger partial charge in [-0.25, -0.2) is 9.78 Å². The first kappa shape index (κ1) is 17.5. The number of benzene rings is 1. The summed E-state index contributed by atoms with van der Waals surface area (Å²) in [6.45, 7) is 1.16. The van der Waals surface area contributed by atoms with Crippen LogP contribution in [-0.4, -0.2) is 35.5 Å². The SMILES string of the molecule is COCc1cccc(NC(=O)Nc2cccc3c2C2CCCCN2C3=O)n1. The molecular formula is C20H22N4O3. The van der Waals surface area contributed by atoms with Crippen molar-refractivity contribution in [1.82, 2.24) is 9.88 Å². The number of methoxy groups -OCH3 is 1. The van der Waals surface area contributed by atoms with Crippen LogP contribution in [0.15, 0.2) is 36.4 Å². The van der Waals surface area contributed by atoms with E-state index in [9.17, 15) is 9.59 Å². The van der Waals surface area contributed by atoms with Crippen molar-refractivity contribution in [2.24, 2.45) is 0 Å². The molecule has 1 saturated heterocycles. The van der Waals surface area contributed by atoms with E-state index < -0.39 is 0 Å². The molecule has 1 aromatic carbocycles. The molecule has 140 valence electrons. The molecule has 0 aliphatic carbocycles. The third-order valence-electron chi connectivity index (χ3n) is 5.02. The summed E-state index contributed by atoms with van der Waals surface area (Å²) in [7, 11) is 1.60. The van der Waals surface area contributed by atoms with Gasteiger partial charge in [0.1, 0.15) is 5.82 Å². The Hall–Kier alpha value is -2.93. The fraction of sp³-hybridized carbons (Fsp3) is 0.350. The van der Waals surface area contributed by atoms with Crippen molar-refractivity contribution in [2.45, 2.75) is 31.9 Å². The molecule has 2 aromatic rings. The molecule has 1 aromatic heterocycles. The van der Waals surface area contributed by atoms with Gasteiger partial charge in [0.05, 0.1) is 18.3 Å². The number of nitrogens with one attached hydrogen (secondary N) is 2. The minimum Gasteiger partial charge on any atom is -0.378 e. The number of fused-ring (bicyclic) bond motifs is 3. The van der Waals surface area contributed by atoms with Crippen molar-refractivity contribution < 1.29 is 14.3 Å². The Bertz CT molecular complexity index is 883. The summed E-state index contributed by atoms with van der Waals surface area (Å²) in [5, 5.41) is 5.64. The van der Waals surface area contributed by atoms with E-state index in [0.717, 1.165) is 37.1 Å². The number of ether oxygens (including phenoxy) is 1. The number of nitrogens with zero attached hydrogens (tertiary/aromatic N) is 2. The van der Waals surface area contributed by atoms with E-state index >= 15 is 0 Å². The molecule has 3 heterocycles. The van der Waals surface area contributed by atoms with Gasteiger partial charge in [0.2, 0.25) is 0 Å². The van der Waals surface area contributed by atoms with E-state index in [1.807, 2.05) is 35.2 Å². The standard InChI is InChI=1S/C20H22N4O3/c1-27-12-13-6-4-10-17(21-13)23-20(26)22-15-8-5-7-14-18(15)16-9-2-3-11-24(16)19(14)25/h4-8,10,16H,2-3,9,11-12H2,1H3,(H2,21,22,23,26). The van der Waals surface area contributed by atoms with Crippen molar-refractivity contribution >= 4 is 23.4 Å². The Labute approximate surface area is 157 Å². The normalized spacial score (nSPS) is 18.0. The molecule has 4 rings (SSSR count). The second-order valence-electron chi connectivity index (χ2n) is 6.80. The maximum Gasteiger partial charge on any atom is 0.324 e. The van der Waals surface area contributed by atoms with E-state index in [-0.39, 0.29) is 18.0 Å². The summed E-state index contributed by atoms with van der Waals surface area (Å²) in [5.41, 5.74) is 3.04. The van der Waals surface area contributed by atoms with E-state index in [2.05, 4.69) is 15.6 Å². The first-order chi connectivity index (χ1) is 13.2. The van der Waals surface area contributed by atoms with Gasteiger partial charge in [-0.05, 0) is 43.5 Å². The highest BCUT2D eigenvalue weighted by molar-refractivity contribution is 6.04. The van der Waals surface area contributed by atoms with Crippen LogP contribution in [0.25, 0.3) is 0 Å². The molecule has 0 saturated carbocycles. The van der Waals surface area contributed by atoms with Gasteiger partial charge in [-0.15, -0.1) is 0 Å². The number of rotatable bonds is 4. The number of carbonyl (C=O) groups is 2. The molecule has 7 heteroatoms. The molecule has 3 amide bonds. The first-order valence-electron chi connectivity index (χ1n) is 9.14. The lowest BCUT2D eigenvalue weighted by atomic mass is 9.96. The second kappa shape index (κ2) is 7.36. The Morgan fingerprint density at radius 3 is 2.93 bits per heavy atom. The molecule has 2 aliphatic rings. The van der Waals surface area contributed by atoms with Crippen molar-refractivity contribution in [1.29, 1.82) is 0 Å². The summed E-state index contributed by atoms with van der Waals surface area (Å²) >= 11 is 0. The van der Waals surface area contributed by atoms with Crippen LogP contribution in [0.4, 0.5) is 16.3 Å². The lowest BCUT2D eigenvalue weighted by Crippen LogP contribution is -2.32. The van der Waals surface area contributed by atoms with Crippen LogP contribution < -0.4 is 10.6 Å². The molecule has 1 atom stereocenters. The number of amides is 3. The Morgan fingerprint density at radius 1 is 1.22 bits per heavy atom. The minimum absolute atomic E-state index is 0.0564. The highest BCUT2D eigenvalue weighted by Gasteiger charge is 2.39. The van der Waals surface area contributed by atoms with Gasteiger partial charge in [0, 0.05) is 30.5 Å². The zero-order valence-corrected chi connectivity index (χ0v) is 15.2. The van der Waals surface area contributed by atoms with Crippen LogP contribution in [0.5, 0.6) is 0 Å². The Balaban J connectivity index is 1.53. The fourth-order valence-corrected chi connectivity index (χ4v) is 3.90. The van der Waals surface area contributed by atoms with Crippen molar-refractivity contribution in [2.75, 3.05) is 24.3 Å². The molecule has 7 nitrogen and oxygen atoms in total. The fourth-order valence-electron chi connectivity index (χ4n) is 3.90. The number of piperidine rings is 1. The highest BCUT2D eigenvalue weighted by Crippen LogP contribution is 2.43. The summed E-state index contributed by atoms with van der Waals surface area (Å²) in [6.07, 6.45) is 3.05. The zero-order valence-electron chi connectivity index (χ0n) is 15.2. The second-order valence-corrected chi connectivity index (χ2v) is 6.80. The monoisotopic (exact) mass is 366 g/mol. The van der Waals surface area contributed by atoms with Gasteiger partial charge in [-0.3, -0.25) is 10.1 Å². The largest absolute Gasteiger partial charge is 0.378 e. The molecule has 2 N–H and O–H groups in total. The van der Waals surface area contributed by atoms with Gasteiger partial charge in [0.25, 0.3) is 5.91 Å². The highest BCUT2D eigenvalue weighted by atomic mass is 16.5. The smallest absolute Gasteiger partial charge is 0.324 e. The number of carbonyl (C=O) groups excluding carboxylic acids is 2. The van der Waals surface area contributed by atoms with E-state index in [0.29, 0.717) is 23.7 Å². The predicted octanol–water partition coefficient (Wildman–Crippen LogP) is 3.55. The molecule has 1 unspecified atom stereocenters. The topological polar surface area (TPSA) is 83.6 Å². The van der Waals surface area contributed by atoms with E-state index in [1.54, 1.807) is 13.2 Å². The number of hydrogen-bond donors (Lipinski definition) is 2. The summed E-state index contributed by atoms with van der Waals surface area (Å²) in [4.78, 5) is 31.4. The third kappa shape index (κ3) is 3.38. The molecular weight excluding hydrogens is 344 g/mol. The quantitative estimate of drug-likeness (QED) is 0.867. The summed E-state index contributed by atoms with van der Waals surface area (Å²) in [5.74, 6) is 0.512. The van der Waals surface area contributed by atoms with Crippen LogP contribution >= 0.6 is 0 Å². The molecule has 27 heavy (non-hydrogen) atoms. The summed E-state index contributed by atoms with van der Waals surface area (Å²) < 4.78 is 5.07. The Morgan fingerprint density at radius 2 is 2.07 bits per heavy atom. The zero-order chi connectivity index (χ0) is 18.8. The van der Waals surface area contributed by atoms with Crippen molar-refractivity contribution in [3.8, 4) is 0 Å². The summed E-state index contributed by atoms with van der Waals surface area (Å²) in [6, 6.07) is 10.5. The van der Waals surface area contributed by atoms with E-state index in [4.69, 9.17) is 4.74 Å². The Kier molecular flexibility index (Phi) is 4.77. The van der Waals surface area contributed by atoms with Gasteiger partial charge in [-0.2, -0.15) is 0 Å². The third-order valence-corrected chi connectivity index (χ3v) is 5.02. The van der Waals surface area contributed by atoms with Crippen LogP contribution in [0, 0.1) is 0 Å². The van der Waals surface area contributed by atoms with Gasteiger partial charge < -0.3 is 15.0 Å². The molecule has 2 aliphatic heterocycles. The van der Waals surface area contributed by atoms with Gasteiger partial charge >= 0.3 is 6.03 Å². The lowest BCUT2D eigenvalue weighted by molar-refractivity contribution is 0.0672. The number of urea groups is 1. The predicted molar refractivity (Wildman–Crippen MR) is 102 cm³/mol. The lowest BCUT2D eigenvalue weighted by Gasteiger charge is -2.30. The maximum atomic E-state index is 12.6. The van der Waals surface area contributed by atoms with Crippen LogP contribution in [-0.2, 0) is 11.3 Å². The van der Waals surface area contributed by atoms with Crippen molar-refractivity contribution in [3.05, 3.63) is 53.2 Å². The van der Waals surface area contributed by atoms with Crippen LogP contribution in [0.1, 0.15) is 46.9 Å². The maximum absolute atomic E-state index is 12.6. The van der Waals surface area contributed by atoms with Gasteiger partial charge in [-0.1, -0.05) is 12.1 Å². The average Bonchev–Trinajstić information content (AvgIpc) is 2.96. The molecule has 0 spiro atoms. The van der Waals surface area contributed by atoms with Crippen LogP contribution in [0.3, 0.4) is 0 Å². The molecule has 1 fully saturated rings. The van der Waals surface area contributed by atoms with Crippen LogP contribution in [0.2, 0.25) is 0 Å². The average molecular weight is 366 g/mol. The minimum atomic E-state index is -0.382. The number of pyridine rings is 1. The number of hydrogen-bond acceptors (Lipinski definition) is 4. The van der Waals surface area contributed by atoms with Crippen molar-refractivity contribution in [3.63, 3.8) is 0 Å². The number of anilines is 2. The molecule has 0 radical (unpaired) electrons.